The summed E-state index contributed by atoms with van der Waals surface area (Å²) < 4.78 is 61.8. The molecule has 0 saturated heterocycles. The normalized spacial score (nSPS) is 14.3. The van der Waals surface area contributed by atoms with Crippen molar-refractivity contribution in [3.8, 4) is 0 Å². The van der Waals surface area contributed by atoms with E-state index in [-0.39, 0.29) is 5.56 Å². The van der Waals surface area contributed by atoms with E-state index in [1.165, 1.54) is 0 Å². The van der Waals surface area contributed by atoms with E-state index in [0.717, 1.165) is 24.6 Å². The minimum Gasteiger partial charge on any atom is -0.623 e. The monoisotopic (exact) mass is 323 g/mol. The number of hydrogen-bond donors (Lipinski definition) is 0. The van der Waals surface area contributed by atoms with E-state index in [4.69, 9.17) is 0 Å². The number of hydrogen-bond acceptors (Lipinski definition) is 3. The predicted molar refractivity (Wildman–Crippen MR) is 73.1 cm³/mol. The van der Waals surface area contributed by atoms with E-state index < -0.39 is 32.0 Å². The van der Waals surface area contributed by atoms with E-state index in [0.29, 0.717) is 10.8 Å². The molecule has 0 aromatic heterocycles. The summed E-state index contributed by atoms with van der Waals surface area (Å²) in [6.07, 6.45) is -2.87. The van der Waals surface area contributed by atoms with Crippen LogP contribution in [0.15, 0.2) is 23.1 Å². The molecule has 21 heavy (non-hydrogen) atoms. The average molecular weight is 323 g/mol. The fourth-order valence-electron chi connectivity index (χ4n) is 1.46. The summed E-state index contributed by atoms with van der Waals surface area (Å²) >= 11 is 0. The molecule has 8 heteroatoms. The van der Waals surface area contributed by atoms with Crippen LogP contribution in [0.1, 0.15) is 31.9 Å². The van der Waals surface area contributed by atoms with E-state index in [1.54, 1.807) is 20.8 Å². The van der Waals surface area contributed by atoms with Gasteiger partial charge in [0.15, 0.2) is 21.6 Å². The fraction of sp³-hybridized carbons (Fsp3) is 0.462. The van der Waals surface area contributed by atoms with Gasteiger partial charge < -0.3 is 5.21 Å². The minimum absolute atomic E-state index is 0.0737. The van der Waals surface area contributed by atoms with Gasteiger partial charge in [-0.05, 0) is 18.2 Å². The van der Waals surface area contributed by atoms with Crippen molar-refractivity contribution < 1.29 is 26.3 Å². The zero-order valence-corrected chi connectivity index (χ0v) is 12.8. The first-order valence-corrected chi connectivity index (χ1v) is 7.85. The highest BCUT2D eigenvalue weighted by atomic mass is 32.2. The number of rotatable bonds is 2. The van der Waals surface area contributed by atoms with Crippen molar-refractivity contribution in [3.63, 3.8) is 0 Å². The summed E-state index contributed by atoms with van der Waals surface area (Å²) in [7, 11) is -3.90. The molecule has 0 heterocycles. The molecule has 118 valence electrons. The van der Waals surface area contributed by atoms with Crippen molar-refractivity contribution in [1.29, 1.82) is 0 Å². The van der Waals surface area contributed by atoms with E-state index in [2.05, 4.69) is 0 Å². The summed E-state index contributed by atoms with van der Waals surface area (Å²) in [6.45, 7) is 4.79. The Morgan fingerprint density at radius 2 is 1.71 bits per heavy atom. The molecule has 0 unspecified atom stereocenters. The maximum atomic E-state index is 12.7. The molecule has 0 aliphatic carbocycles. The third-order valence-corrected chi connectivity index (χ3v) is 3.81. The van der Waals surface area contributed by atoms with Gasteiger partial charge in [-0.3, -0.25) is 0 Å². The van der Waals surface area contributed by atoms with E-state index >= 15 is 0 Å². The third-order valence-electron chi connectivity index (χ3n) is 2.66. The topological polar surface area (TPSA) is 60.2 Å². The Morgan fingerprint density at radius 1 is 1.19 bits per heavy atom. The van der Waals surface area contributed by atoms with Gasteiger partial charge in [0.2, 0.25) is 0 Å². The van der Waals surface area contributed by atoms with Gasteiger partial charge in [-0.1, -0.05) is 0 Å². The lowest BCUT2D eigenvalue weighted by atomic mass is 10.1. The second kappa shape index (κ2) is 5.32. The largest absolute Gasteiger partial charge is 0.623 e. The highest BCUT2D eigenvalue weighted by molar-refractivity contribution is 7.90. The molecular weight excluding hydrogens is 307 g/mol. The van der Waals surface area contributed by atoms with Crippen LogP contribution in [0.5, 0.6) is 0 Å². The lowest BCUT2D eigenvalue weighted by Crippen LogP contribution is -2.29. The minimum atomic E-state index is -4.65. The molecule has 0 aliphatic heterocycles. The van der Waals surface area contributed by atoms with Gasteiger partial charge in [0.05, 0.1) is 16.0 Å². The first-order chi connectivity index (χ1) is 9.23. The summed E-state index contributed by atoms with van der Waals surface area (Å²) in [4.78, 5) is -0.526. The van der Waals surface area contributed by atoms with Crippen LogP contribution in [0.2, 0.25) is 0 Å². The average Bonchev–Trinajstić information content (AvgIpc) is 2.25. The molecule has 0 atom stereocenters. The second-order valence-corrected chi connectivity index (χ2v) is 7.63. The van der Waals surface area contributed by atoms with Crippen molar-refractivity contribution in [2.24, 2.45) is 0 Å². The standard InChI is InChI=1S/C13H16F3NO3S/c1-12(2,3)17(18)8-9-5-6-10(13(14,15)16)7-11(9)21(4,19)20/h5-8H,1-4H3/b17-8-. The Labute approximate surface area is 121 Å². The molecule has 0 amide bonds. The molecule has 0 N–H and O–H groups in total. The number of hydroxylamine groups is 1. The van der Waals surface area contributed by atoms with Gasteiger partial charge in [0.1, 0.15) is 0 Å². The number of sulfone groups is 1. The number of nitrogens with zero attached hydrogens (tertiary/aromatic N) is 1. The van der Waals surface area contributed by atoms with Crippen LogP contribution >= 0.6 is 0 Å². The zero-order chi connectivity index (χ0) is 16.6. The quantitative estimate of drug-likeness (QED) is 0.364. The van der Waals surface area contributed by atoms with Crippen LogP contribution in [0.25, 0.3) is 0 Å². The number of halogens is 3. The number of benzene rings is 1. The van der Waals surface area contributed by atoms with Crippen LogP contribution in [0.3, 0.4) is 0 Å². The van der Waals surface area contributed by atoms with Crippen LogP contribution < -0.4 is 0 Å². The summed E-state index contributed by atoms with van der Waals surface area (Å²) in [5.74, 6) is 0. The Morgan fingerprint density at radius 3 is 2.10 bits per heavy atom. The highest BCUT2D eigenvalue weighted by Gasteiger charge is 2.32. The number of alkyl halides is 3. The van der Waals surface area contributed by atoms with Crippen molar-refractivity contribution in [3.05, 3.63) is 34.5 Å². The van der Waals surface area contributed by atoms with Crippen molar-refractivity contribution in [2.75, 3.05) is 6.26 Å². The summed E-state index contributed by atoms with van der Waals surface area (Å²) in [6, 6.07) is 2.27. The first-order valence-electron chi connectivity index (χ1n) is 5.95. The van der Waals surface area contributed by atoms with Crippen molar-refractivity contribution in [1.82, 2.24) is 0 Å². The molecule has 1 aromatic carbocycles. The molecule has 0 radical (unpaired) electrons. The zero-order valence-electron chi connectivity index (χ0n) is 12.0. The molecule has 0 fully saturated rings. The highest BCUT2D eigenvalue weighted by Crippen LogP contribution is 2.31. The molecule has 0 saturated carbocycles. The smallest absolute Gasteiger partial charge is 0.416 e. The Balaban J connectivity index is 3.56. The van der Waals surface area contributed by atoms with Gasteiger partial charge in [-0.25, -0.2) is 13.2 Å². The second-order valence-electron chi connectivity index (χ2n) is 5.65. The van der Waals surface area contributed by atoms with Crippen LogP contribution in [0.4, 0.5) is 13.2 Å². The molecule has 4 nitrogen and oxygen atoms in total. The van der Waals surface area contributed by atoms with E-state index in [9.17, 15) is 26.8 Å². The summed E-state index contributed by atoms with van der Waals surface area (Å²) in [5.41, 5.74) is -1.99. The molecule has 0 spiro atoms. The third kappa shape index (κ3) is 4.45. The maximum Gasteiger partial charge on any atom is 0.416 e. The fourth-order valence-corrected chi connectivity index (χ4v) is 2.35. The predicted octanol–water partition coefficient (Wildman–Crippen LogP) is 2.84. The Hall–Kier alpha value is -1.57. The van der Waals surface area contributed by atoms with Gasteiger partial charge in [0.25, 0.3) is 0 Å². The van der Waals surface area contributed by atoms with Gasteiger partial charge in [0, 0.05) is 27.0 Å². The summed E-state index contributed by atoms with van der Waals surface area (Å²) in [5, 5.41) is 11.8. The van der Waals surface area contributed by atoms with Gasteiger partial charge in [-0.2, -0.15) is 13.2 Å². The van der Waals surface area contributed by atoms with Crippen molar-refractivity contribution >= 4 is 16.1 Å². The van der Waals surface area contributed by atoms with Gasteiger partial charge in [-0.15, -0.1) is 0 Å². The lowest BCUT2D eigenvalue weighted by molar-refractivity contribution is -0.530. The maximum absolute atomic E-state index is 12.7. The SMILES string of the molecule is CC(C)(C)/[N+]([O-])=C/c1ccc(C(F)(F)F)cc1S(C)(=O)=O. The molecule has 0 bridgehead atoms. The van der Waals surface area contributed by atoms with Crippen molar-refractivity contribution in [2.45, 2.75) is 37.4 Å². The molecular formula is C13H16F3NO3S. The van der Waals surface area contributed by atoms with Crippen LogP contribution in [-0.4, -0.2) is 31.2 Å². The van der Waals surface area contributed by atoms with E-state index in [1.807, 2.05) is 0 Å². The molecule has 1 aromatic rings. The van der Waals surface area contributed by atoms with Crippen LogP contribution in [0, 0.1) is 5.21 Å². The molecule has 0 aliphatic rings. The van der Waals surface area contributed by atoms with Gasteiger partial charge >= 0.3 is 6.18 Å². The Bertz CT molecular complexity index is 671. The lowest BCUT2D eigenvalue weighted by Gasteiger charge is -2.19. The first kappa shape index (κ1) is 17.5. The molecule has 1 rings (SSSR count). The van der Waals surface area contributed by atoms with Crippen LogP contribution in [-0.2, 0) is 16.0 Å². The Kier molecular flexibility index (Phi) is 4.43.